The predicted molar refractivity (Wildman–Crippen MR) is 125 cm³/mol. The summed E-state index contributed by atoms with van der Waals surface area (Å²) in [6.45, 7) is 1.22. The molecule has 2 amide bonds. The first-order valence-electron chi connectivity index (χ1n) is 11.0. The molecule has 3 aromatic heterocycles. The number of rotatable bonds is 10. The summed E-state index contributed by atoms with van der Waals surface area (Å²) in [6.07, 6.45) is 4.34. The fraction of sp³-hybridized carbons (Fsp3) is 0.227. The van der Waals surface area contributed by atoms with Gasteiger partial charge in [0.15, 0.2) is 6.04 Å². The molecule has 38 heavy (non-hydrogen) atoms. The average molecular weight is 523 g/mol. The number of carboxylic acid groups (broad SMARTS) is 2. The van der Waals surface area contributed by atoms with Gasteiger partial charge >= 0.3 is 18.0 Å². The lowest BCUT2D eigenvalue weighted by Gasteiger charge is -2.20. The Morgan fingerprint density at radius 1 is 1.13 bits per heavy atom. The monoisotopic (exact) mass is 523 g/mol. The van der Waals surface area contributed by atoms with Gasteiger partial charge in [0.1, 0.15) is 11.7 Å². The number of aliphatic hydroxyl groups is 1. The second kappa shape index (κ2) is 11.2. The van der Waals surface area contributed by atoms with Crippen LogP contribution in [-0.4, -0.2) is 80.5 Å². The van der Waals surface area contributed by atoms with Crippen LogP contribution in [0.15, 0.2) is 53.6 Å². The smallest absolute Gasteiger partial charge is 0.337 e. The number of benzene rings is 1. The van der Waals surface area contributed by atoms with Crippen LogP contribution in [0.1, 0.15) is 34.9 Å². The van der Waals surface area contributed by atoms with Crippen molar-refractivity contribution in [1.82, 2.24) is 45.7 Å². The topological polar surface area (TPSA) is 231 Å². The van der Waals surface area contributed by atoms with Gasteiger partial charge in [0, 0.05) is 18.8 Å². The molecule has 0 bridgehead atoms. The Labute approximate surface area is 213 Å². The standard InChI is InChI=1S/C22H21N9O7/c1-11(32)17(21(35)36)26-22(37)25-14(19-27-18(29-38-19)15-9-23-6-7-24-15)8-12-10-31(30-28-12)16-5-3-2-4-13(16)20(33)34/h2-7,9-11,14,17,32H,8H2,1H3,(H,33,34)(H,35,36)(H2,25,26,37)/t11?,14-,17?/m0/s1. The molecule has 0 radical (unpaired) electrons. The van der Waals surface area contributed by atoms with E-state index in [0.29, 0.717) is 11.4 Å². The van der Waals surface area contributed by atoms with Gasteiger partial charge in [-0.05, 0) is 19.1 Å². The number of nitrogens with one attached hydrogen (secondary N) is 2. The molecule has 4 rings (SSSR count). The van der Waals surface area contributed by atoms with Gasteiger partial charge in [-0.1, -0.05) is 22.5 Å². The van der Waals surface area contributed by atoms with E-state index in [1.807, 2.05) is 0 Å². The van der Waals surface area contributed by atoms with Gasteiger partial charge in [-0.15, -0.1) is 5.10 Å². The first-order valence-corrected chi connectivity index (χ1v) is 11.0. The quantitative estimate of drug-likeness (QED) is 0.187. The van der Waals surface area contributed by atoms with Crippen molar-refractivity contribution in [3.8, 4) is 17.2 Å². The number of nitrogens with zero attached hydrogens (tertiary/aromatic N) is 7. The second-order valence-corrected chi connectivity index (χ2v) is 7.95. The minimum Gasteiger partial charge on any atom is -0.480 e. The van der Waals surface area contributed by atoms with E-state index in [2.05, 4.69) is 41.1 Å². The average Bonchev–Trinajstić information content (AvgIpc) is 3.57. The first kappa shape index (κ1) is 25.8. The van der Waals surface area contributed by atoms with Crippen molar-refractivity contribution in [1.29, 1.82) is 0 Å². The summed E-state index contributed by atoms with van der Waals surface area (Å²) < 4.78 is 6.59. The van der Waals surface area contributed by atoms with Crippen molar-refractivity contribution in [2.45, 2.75) is 31.5 Å². The minimum absolute atomic E-state index is 0.00125. The van der Waals surface area contributed by atoms with Gasteiger partial charge in [0.25, 0.3) is 0 Å². The van der Waals surface area contributed by atoms with Gasteiger partial charge in [-0.25, -0.2) is 24.0 Å². The van der Waals surface area contributed by atoms with Crippen molar-refractivity contribution < 1.29 is 34.2 Å². The fourth-order valence-electron chi connectivity index (χ4n) is 3.40. The Morgan fingerprint density at radius 2 is 1.92 bits per heavy atom. The normalized spacial score (nSPS) is 13.3. The van der Waals surface area contributed by atoms with Gasteiger partial charge in [-0.3, -0.25) is 4.98 Å². The summed E-state index contributed by atoms with van der Waals surface area (Å²) in [5.74, 6) is -2.56. The number of hydrogen-bond acceptors (Lipinski definition) is 11. The summed E-state index contributed by atoms with van der Waals surface area (Å²) in [4.78, 5) is 47.9. The zero-order chi connectivity index (χ0) is 27.2. The van der Waals surface area contributed by atoms with Crippen LogP contribution in [0.2, 0.25) is 0 Å². The van der Waals surface area contributed by atoms with Crippen LogP contribution >= 0.6 is 0 Å². The summed E-state index contributed by atoms with van der Waals surface area (Å²) in [6, 6.07) is 2.64. The SMILES string of the molecule is CC(O)C(NC(=O)N[C@@H](Cc1cn(-c2ccccc2C(=O)O)nn1)c1nc(-c2cnccn2)no1)C(=O)O. The summed E-state index contributed by atoms with van der Waals surface area (Å²) in [5, 5.41) is 45.0. The van der Waals surface area contributed by atoms with E-state index in [1.165, 1.54) is 42.5 Å². The number of carbonyl (C=O) groups is 3. The molecule has 1 aromatic carbocycles. The third kappa shape index (κ3) is 5.93. The number of aliphatic hydroxyl groups excluding tert-OH is 1. The van der Waals surface area contributed by atoms with E-state index in [4.69, 9.17) is 4.52 Å². The van der Waals surface area contributed by atoms with Crippen molar-refractivity contribution in [2.24, 2.45) is 0 Å². The number of urea groups is 1. The minimum atomic E-state index is -1.58. The molecule has 196 valence electrons. The third-order valence-corrected chi connectivity index (χ3v) is 5.21. The largest absolute Gasteiger partial charge is 0.480 e. The van der Waals surface area contributed by atoms with Gasteiger partial charge in [0.2, 0.25) is 11.7 Å². The molecule has 3 atom stereocenters. The van der Waals surface area contributed by atoms with Crippen LogP contribution in [0.5, 0.6) is 0 Å². The molecule has 0 aliphatic rings. The summed E-state index contributed by atoms with van der Waals surface area (Å²) in [7, 11) is 0. The zero-order valence-corrected chi connectivity index (χ0v) is 19.7. The number of carbonyl (C=O) groups excluding carboxylic acids is 1. The number of aromatic carboxylic acids is 1. The van der Waals surface area contributed by atoms with E-state index < -0.39 is 36.2 Å². The molecule has 5 N–H and O–H groups in total. The number of aliphatic carboxylic acids is 1. The molecule has 16 nitrogen and oxygen atoms in total. The molecule has 0 fully saturated rings. The van der Waals surface area contributed by atoms with Gasteiger partial charge in [-0.2, -0.15) is 4.98 Å². The highest BCUT2D eigenvalue weighted by molar-refractivity contribution is 5.91. The molecule has 0 aliphatic heterocycles. The summed E-state index contributed by atoms with van der Waals surface area (Å²) >= 11 is 0. The van der Waals surface area contributed by atoms with Crippen molar-refractivity contribution in [2.75, 3.05) is 0 Å². The molecule has 0 saturated carbocycles. The fourth-order valence-corrected chi connectivity index (χ4v) is 3.40. The lowest BCUT2D eigenvalue weighted by molar-refractivity contribution is -0.141. The van der Waals surface area contributed by atoms with E-state index in [0.717, 1.165) is 0 Å². The third-order valence-electron chi connectivity index (χ3n) is 5.21. The number of amides is 2. The van der Waals surface area contributed by atoms with Crippen LogP contribution in [0, 0.1) is 0 Å². The Morgan fingerprint density at radius 3 is 2.61 bits per heavy atom. The van der Waals surface area contributed by atoms with Crippen LogP contribution in [0.25, 0.3) is 17.2 Å². The molecule has 0 aliphatic carbocycles. The molecule has 3 heterocycles. The van der Waals surface area contributed by atoms with Crippen molar-refractivity contribution in [3.05, 3.63) is 66.2 Å². The lowest BCUT2D eigenvalue weighted by Crippen LogP contribution is -2.51. The molecule has 0 saturated heterocycles. The summed E-state index contributed by atoms with van der Waals surface area (Å²) in [5.41, 5.74) is 0.883. The molecule has 16 heteroatoms. The number of aromatic nitrogens is 7. The molecule has 4 aromatic rings. The van der Waals surface area contributed by atoms with E-state index in [1.54, 1.807) is 18.2 Å². The predicted octanol–water partition coefficient (Wildman–Crippen LogP) is 0.222. The van der Waals surface area contributed by atoms with Crippen molar-refractivity contribution in [3.63, 3.8) is 0 Å². The molecular formula is C22H21N9O7. The highest BCUT2D eigenvalue weighted by atomic mass is 16.5. The number of para-hydroxylation sites is 1. The van der Waals surface area contributed by atoms with Gasteiger partial charge < -0.3 is 30.5 Å². The number of hydrogen-bond donors (Lipinski definition) is 5. The van der Waals surface area contributed by atoms with Gasteiger partial charge in [0.05, 0.1) is 35.4 Å². The highest BCUT2D eigenvalue weighted by Gasteiger charge is 2.29. The highest BCUT2D eigenvalue weighted by Crippen LogP contribution is 2.21. The Hall–Kier alpha value is -5.25. The van der Waals surface area contributed by atoms with E-state index in [-0.39, 0.29) is 29.4 Å². The second-order valence-electron chi connectivity index (χ2n) is 7.95. The zero-order valence-electron chi connectivity index (χ0n) is 19.7. The first-order chi connectivity index (χ1) is 18.2. The molecular weight excluding hydrogens is 502 g/mol. The number of carboxylic acids is 2. The maximum absolute atomic E-state index is 12.6. The van der Waals surface area contributed by atoms with Crippen LogP contribution < -0.4 is 10.6 Å². The van der Waals surface area contributed by atoms with Crippen LogP contribution in [-0.2, 0) is 11.2 Å². The molecule has 0 spiro atoms. The Bertz CT molecular complexity index is 1440. The van der Waals surface area contributed by atoms with E-state index >= 15 is 0 Å². The lowest BCUT2D eigenvalue weighted by atomic mass is 10.1. The van der Waals surface area contributed by atoms with Crippen LogP contribution in [0.4, 0.5) is 4.79 Å². The Balaban J connectivity index is 1.61. The van der Waals surface area contributed by atoms with Crippen molar-refractivity contribution >= 4 is 18.0 Å². The van der Waals surface area contributed by atoms with Crippen LogP contribution in [0.3, 0.4) is 0 Å². The molecule has 2 unspecified atom stereocenters. The maximum atomic E-state index is 12.6. The van der Waals surface area contributed by atoms with E-state index in [9.17, 15) is 29.7 Å². The maximum Gasteiger partial charge on any atom is 0.337 e. The Kier molecular flexibility index (Phi) is 7.62.